The standard InChI is InChI=1S/C3H3N9O2/c13-12(14)3-6-9-10-11(3)1-2-4-7-8-5-2/h1H2,(H,4,5,7,8). The second-order valence-corrected chi connectivity index (χ2v) is 2.22. The molecule has 0 spiro atoms. The van der Waals surface area contributed by atoms with E-state index < -0.39 is 10.9 Å². The van der Waals surface area contributed by atoms with E-state index in [-0.39, 0.29) is 12.4 Å². The molecular weight excluding hydrogens is 194 g/mol. The second-order valence-electron chi connectivity index (χ2n) is 2.22. The Kier molecular flexibility index (Phi) is 1.82. The van der Waals surface area contributed by atoms with Crippen molar-refractivity contribution in [1.82, 2.24) is 40.8 Å². The number of aromatic nitrogens is 8. The summed E-state index contributed by atoms with van der Waals surface area (Å²) in [6, 6.07) is 0. The van der Waals surface area contributed by atoms with Crippen LogP contribution in [0.25, 0.3) is 0 Å². The third-order valence-electron chi connectivity index (χ3n) is 1.36. The molecule has 0 fully saturated rings. The van der Waals surface area contributed by atoms with Crippen LogP contribution >= 0.6 is 0 Å². The van der Waals surface area contributed by atoms with Crippen LogP contribution in [0.5, 0.6) is 0 Å². The molecule has 0 amide bonds. The lowest BCUT2D eigenvalue weighted by atomic mass is 10.6. The summed E-state index contributed by atoms with van der Waals surface area (Å²) in [5.41, 5.74) is 0. The number of nitrogens with one attached hydrogen (secondary N) is 1. The predicted molar refractivity (Wildman–Crippen MR) is 37.8 cm³/mol. The van der Waals surface area contributed by atoms with Gasteiger partial charge in [0.25, 0.3) is 0 Å². The first-order valence-electron chi connectivity index (χ1n) is 3.40. The fourth-order valence-electron chi connectivity index (χ4n) is 0.816. The van der Waals surface area contributed by atoms with Crippen LogP contribution in [0.3, 0.4) is 0 Å². The first kappa shape index (κ1) is 8.15. The lowest BCUT2D eigenvalue weighted by Gasteiger charge is -1.92. The number of hydrogen-bond donors (Lipinski definition) is 1. The number of H-pyrrole nitrogens is 1. The molecule has 11 nitrogen and oxygen atoms in total. The summed E-state index contributed by atoms with van der Waals surface area (Å²) < 4.78 is 0.963. The fraction of sp³-hybridized carbons (Fsp3) is 0.333. The van der Waals surface area contributed by atoms with Gasteiger partial charge in [-0.25, -0.2) is 0 Å². The summed E-state index contributed by atoms with van der Waals surface area (Å²) in [4.78, 5) is 9.69. The van der Waals surface area contributed by atoms with Crippen LogP contribution < -0.4 is 0 Å². The third-order valence-corrected chi connectivity index (χ3v) is 1.36. The highest BCUT2D eigenvalue weighted by Gasteiger charge is 2.19. The van der Waals surface area contributed by atoms with Gasteiger partial charge in [-0.15, -0.1) is 14.9 Å². The van der Waals surface area contributed by atoms with Gasteiger partial charge >= 0.3 is 5.95 Å². The molecule has 0 aliphatic rings. The zero-order valence-corrected chi connectivity index (χ0v) is 6.60. The molecule has 1 N–H and O–H groups in total. The van der Waals surface area contributed by atoms with Crippen molar-refractivity contribution < 1.29 is 4.92 Å². The van der Waals surface area contributed by atoms with Crippen molar-refractivity contribution >= 4 is 5.95 Å². The molecule has 0 unspecified atom stereocenters. The second kappa shape index (κ2) is 3.12. The molecule has 0 aromatic carbocycles. The van der Waals surface area contributed by atoms with E-state index in [9.17, 15) is 10.1 Å². The molecular formula is C3H3N9O2. The van der Waals surface area contributed by atoms with Crippen LogP contribution in [-0.4, -0.2) is 45.8 Å². The van der Waals surface area contributed by atoms with Crippen molar-refractivity contribution in [2.24, 2.45) is 0 Å². The van der Waals surface area contributed by atoms with Crippen LogP contribution in [0, 0.1) is 10.1 Å². The molecule has 0 saturated carbocycles. The minimum absolute atomic E-state index is 0.000185. The zero-order valence-electron chi connectivity index (χ0n) is 6.60. The lowest BCUT2D eigenvalue weighted by Crippen LogP contribution is -2.07. The fourth-order valence-corrected chi connectivity index (χ4v) is 0.816. The molecule has 0 aliphatic carbocycles. The quantitative estimate of drug-likeness (QED) is 0.446. The number of rotatable bonds is 3. The summed E-state index contributed by atoms with van der Waals surface area (Å²) in [6.07, 6.45) is 0. The molecule has 0 bridgehead atoms. The largest absolute Gasteiger partial charge is 0.479 e. The molecule has 11 heteroatoms. The normalized spacial score (nSPS) is 10.3. The average molecular weight is 197 g/mol. The highest BCUT2D eigenvalue weighted by atomic mass is 16.6. The minimum Gasteiger partial charge on any atom is -0.390 e. The summed E-state index contributed by atoms with van der Waals surface area (Å²) in [6.45, 7) is -0.000185. The Labute approximate surface area is 75.3 Å². The Morgan fingerprint density at radius 1 is 1.50 bits per heavy atom. The maximum atomic E-state index is 10.4. The first-order valence-corrected chi connectivity index (χ1v) is 3.40. The van der Waals surface area contributed by atoms with Crippen molar-refractivity contribution in [3.8, 4) is 0 Å². The van der Waals surface area contributed by atoms with E-state index >= 15 is 0 Å². The first-order chi connectivity index (χ1) is 6.77. The van der Waals surface area contributed by atoms with Crippen LogP contribution in [0.15, 0.2) is 0 Å². The van der Waals surface area contributed by atoms with Gasteiger partial charge < -0.3 is 10.1 Å². The van der Waals surface area contributed by atoms with E-state index in [4.69, 9.17) is 0 Å². The van der Waals surface area contributed by atoms with Gasteiger partial charge in [0, 0.05) is 5.21 Å². The van der Waals surface area contributed by atoms with Gasteiger partial charge in [0.15, 0.2) is 6.54 Å². The molecule has 2 aromatic heterocycles. The molecule has 72 valence electrons. The Bertz CT molecular complexity index is 431. The van der Waals surface area contributed by atoms with E-state index in [2.05, 4.69) is 36.1 Å². The number of nitro groups is 1. The van der Waals surface area contributed by atoms with Crippen molar-refractivity contribution in [3.63, 3.8) is 0 Å². The lowest BCUT2D eigenvalue weighted by molar-refractivity contribution is -0.397. The summed E-state index contributed by atoms with van der Waals surface area (Å²) in [5, 5.41) is 32.9. The van der Waals surface area contributed by atoms with Gasteiger partial charge in [-0.3, -0.25) is 0 Å². The minimum atomic E-state index is -0.694. The van der Waals surface area contributed by atoms with Gasteiger partial charge in [0.1, 0.15) is 0 Å². The Morgan fingerprint density at radius 2 is 2.36 bits per heavy atom. The smallest absolute Gasteiger partial charge is 0.390 e. The maximum Gasteiger partial charge on any atom is 0.479 e. The van der Waals surface area contributed by atoms with Crippen molar-refractivity contribution in [3.05, 3.63) is 15.9 Å². The van der Waals surface area contributed by atoms with Gasteiger partial charge in [-0.2, -0.15) is 5.21 Å². The molecule has 0 aliphatic heterocycles. The topological polar surface area (TPSA) is 141 Å². The Morgan fingerprint density at radius 3 is 3.00 bits per heavy atom. The number of nitrogens with zero attached hydrogens (tertiary/aromatic N) is 8. The highest BCUT2D eigenvalue weighted by Crippen LogP contribution is 2.03. The predicted octanol–water partition coefficient (Wildman–Crippen LogP) is -1.86. The van der Waals surface area contributed by atoms with Gasteiger partial charge in [0.2, 0.25) is 5.82 Å². The number of hydrogen-bond acceptors (Lipinski definition) is 8. The Balaban J connectivity index is 2.25. The average Bonchev–Trinajstić information content (AvgIpc) is 2.75. The van der Waals surface area contributed by atoms with Crippen LogP contribution in [0.1, 0.15) is 5.82 Å². The molecule has 2 rings (SSSR count). The van der Waals surface area contributed by atoms with Crippen LogP contribution in [0.2, 0.25) is 0 Å². The molecule has 2 aromatic rings. The monoisotopic (exact) mass is 197 g/mol. The Hall–Kier alpha value is -2.46. The van der Waals surface area contributed by atoms with Crippen molar-refractivity contribution in [2.75, 3.05) is 0 Å². The van der Waals surface area contributed by atoms with E-state index in [0.29, 0.717) is 0 Å². The highest BCUT2D eigenvalue weighted by molar-refractivity contribution is 4.99. The van der Waals surface area contributed by atoms with Crippen molar-refractivity contribution in [1.29, 1.82) is 0 Å². The SMILES string of the molecule is O=[N+]([O-])c1nnnn1Cc1nn[nH]n1. The maximum absolute atomic E-state index is 10.4. The third kappa shape index (κ3) is 1.37. The van der Waals surface area contributed by atoms with Crippen LogP contribution in [-0.2, 0) is 6.54 Å². The van der Waals surface area contributed by atoms with Gasteiger partial charge in [0.05, 0.1) is 10.3 Å². The number of aromatic amines is 1. The molecule has 0 atom stereocenters. The van der Waals surface area contributed by atoms with E-state index in [1.165, 1.54) is 0 Å². The number of tetrazole rings is 2. The van der Waals surface area contributed by atoms with Gasteiger partial charge in [-0.05, 0) is 4.92 Å². The molecule has 2 heterocycles. The summed E-state index contributed by atoms with van der Waals surface area (Å²) in [7, 11) is 0. The van der Waals surface area contributed by atoms with Crippen LogP contribution in [0.4, 0.5) is 5.95 Å². The summed E-state index contributed by atoms with van der Waals surface area (Å²) in [5.74, 6) is -0.199. The molecule has 14 heavy (non-hydrogen) atoms. The van der Waals surface area contributed by atoms with Gasteiger partial charge in [-0.1, -0.05) is 5.21 Å². The van der Waals surface area contributed by atoms with E-state index in [1.807, 2.05) is 0 Å². The van der Waals surface area contributed by atoms with Crippen molar-refractivity contribution in [2.45, 2.75) is 6.54 Å². The molecule has 0 saturated heterocycles. The summed E-state index contributed by atoms with van der Waals surface area (Å²) >= 11 is 0. The zero-order chi connectivity index (χ0) is 9.97. The van der Waals surface area contributed by atoms with E-state index in [1.54, 1.807) is 0 Å². The molecule has 0 radical (unpaired) electrons. The van der Waals surface area contributed by atoms with E-state index in [0.717, 1.165) is 4.68 Å².